The molecule has 0 amide bonds. The second-order valence-corrected chi connectivity index (χ2v) is 6.87. The van der Waals surface area contributed by atoms with Crippen LogP contribution in [0.1, 0.15) is 25.8 Å². The molecular weight excluding hydrogens is 300 g/mol. The molecule has 1 aromatic carbocycles. The summed E-state index contributed by atoms with van der Waals surface area (Å²) in [5, 5.41) is 16.8. The van der Waals surface area contributed by atoms with E-state index in [-0.39, 0.29) is 6.61 Å². The van der Waals surface area contributed by atoms with Crippen LogP contribution in [0.2, 0.25) is 0 Å². The van der Waals surface area contributed by atoms with Gasteiger partial charge in [0.05, 0.1) is 11.9 Å². The molecule has 0 saturated carbocycles. The van der Waals surface area contributed by atoms with E-state index in [1.165, 1.54) is 11.1 Å². The molecule has 1 aliphatic heterocycles. The molecule has 0 radical (unpaired) electrons. The van der Waals surface area contributed by atoms with E-state index in [0.717, 1.165) is 38.3 Å². The maximum absolute atomic E-state index is 9.39. The van der Waals surface area contributed by atoms with Crippen LogP contribution >= 0.6 is 0 Å². The molecule has 2 aromatic rings. The molecule has 24 heavy (non-hydrogen) atoms. The molecule has 1 unspecified atom stereocenters. The molecule has 2 N–H and O–H groups in total. The van der Waals surface area contributed by atoms with Crippen LogP contribution in [0.3, 0.4) is 0 Å². The van der Waals surface area contributed by atoms with Crippen LogP contribution in [0.25, 0.3) is 11.3 Å². The predicted octanol–water partition coefficient (Wildman–Crippen LogP) is 2.35. The van der Waals surface area contributed by atoms with Crippen molar-refractivity contribution in [2.45, 2.75) is 38.9 Å². The number of benzene rings is 1. The van der Waals surface area contributed by atoms with Gasteiger partial charge in [-0.3, -0.25) is 14.9 Å². The summed E-state index contributed by atoms with van der Waals surface area (Å²) in [5.41, 5.74) is 3.53. The number of aliphatic hydroxyl groups is 1. The third-order valence-electron chi connectivity index (χ3n) is 4.91. The second-order valence-electron chi connectivity index (χ2n) is 6.87. The Morgan fingerprint density at radius 3 is 2.75 bits per heavy atom. The van der Waals surface area contributed by atoms with Crippen molar-refractivity contribution >= 4 is 0 Å². The monoisotopic (exact) mass is 328 g/mol. The minimum atomic E-state index is 0.253. The van der Waals surface area contributed by atoms with Gasteiger partial charge in [-0.1, -0.05) is 30.3 Å². The van der Waals surface area contributed by atoms with Gasteiger partial charge in [-0.2, -0.15) is 5.10 Å². The van der Waals surface area contributed by atoms with Gasteiger partial charge in [0.2, 0.25) is 0 Å². The van der Waals surface area contributed by atoms with E-state index in [0.29, 0.717) is 12.1 Å². The summed E-state index contributed by atoms with van der Waals surface area (Å²) < 4.78 is 0. The van der Waals surface area contributed by atoms with E-state index >= 15 is 0 Å². The molecule has 1 atom stereocenters. The third-order valence-corrected chi connectivity index (χ3v) is 4.91. The Balaban J connectivity index is 1.70. The predicted molar refractivity (Wildman–Crippen MR) is 96.6 cm³/mol. The molecule has 1 saturated heterocycles. The van der Waals surface area contributed by atoms with Gasteiger partial charge in [0.25, 0.3) is 0 Å². The van der Waals surface area contributed by atoms with Gasteiger partial charge in [0, 0.05) is 50.4 Å². The second kappa shape index (κ2) is 7.92. The minimum absolute atomic E-state index is 0.253. The van der Waals surface area contributed by atoms with E-state index in [4.69, 9.17) is 0 Å². The first kappa shape index (κ1) is 17.1. The molecule has 1 fully saturated rings. The Morgan fingerprint density at radius 1 is 1.25 bits per heavy atom. The first-order valence-electron chi connectivity index (χ1n) is 8.85. The van der Waals surface area contributed by atoms with Crippen LogP contribution in [0, 0.1) is 0 Å². The van der Waals surface area contributed by atoms with Gasteiger partial charge in [0.15, 0.2) is 0 Å². The molecule has 0 aliphatic carbocycles. The number of aromatic amines is 1. The summed E-state index contributed by atoms with van der Waals surface area (Å²) in [5.74, 6) is 0. The summed E-state index contributed by atoms with van der Waals surface area (Å²) >= 11 is 0. The van der Waals surface area contributed by atoms with Crippen molar-refractivity contribution in [2.75, 3.05) is 26.2 Å². The summed E-state index contributed by atoms with van der Waals surface area (Å²) in [6.07, 6.45) is 2.78. The highest BCUT2D eigenvalue weighted by Crippen LogP contribution is 2.24. The van der Waals surface area contributed by atoms with Gasteiger partial charge in [0.1, 0.15) is 0 Å². The van der Waals surface area contributed by atoms with Crippen molar-refractivity contribution in [1.82, 2.24) is 20.0 Å². The quantitative estimate of drug-likeness (QED) is 0.855. The first-order valence-corrected chi connectivity index (χ1v) is 8.85. The van der Waals surface area contributed by atoms with E-state index in [1.807, 2.05) is 12.3 Å². The average molecular weight is 328 g/mol. The molecule has 0 bridgehead atoms. The number of aliphatic hydroxyl groups excluding tert-OH is 1. The number of piperazine rings is 1. The molecule has 2 heterocycles. The molecule has 130 valence electrons. The lowest BCUT2D eigenvalue weighted by Gasteiger charge is -2.43. The van der Waals surface area contributed by atoms with E-state index in [9.17, 15) is 5.11 Å². The number of H-pyrrole nitrogens is 1. The largest absolute Gasteiger partial charge is 0.396 e. The Hall–Kier alpha value is -1.69. The number of nitrogens with zero attached hydrogens (tertiary/aromatic N) is 3. The maximum atomic E-state index is 9.39. The number of hydrogen-bond acceptors (Lipinski definition) is 4. The van der Waals surface area contributed by atoms with Crippen molar-refractivity contribution in [3.63, 3.8) is 0 Å². The number of aromatic nitrogens is 2. The van der Waals surface area contributed by atoms with Gasteiger partial charge in [-0.15, -0.1) is 0 Å². The molecule has 5 heteroatoms. The zero-order chi connectivity index (χ0) is 16.9. The van der Waals surface area contributed by atoms with Crippen molar-refractivity contribution in [1.29, 1.82) is 0 Å². The van der Waals surface area contributed by atoms with E-state index in [2.05, 4.69) is 58.1 Å². The van der Waals surface area contributed by atoms with Crippen molar-refractivity contribution in [3.05, 3.63) is 42.1 Å². The highest BCUT2D eigenvalue weighted by molar-refractivity contribution is 5.62. The minimum Gasteiger partial charge on any atom is -0.396 e. The normalized spacial score (nSPS) is 19.9. The topological polar surface area (TPSA) is 55.4 Å². The van der Waals surface area contributed by atoms with Gasteiger partial charge in [-0.05, 0) is 25.8 Å². The number of rotatable bonds is 6. The SMILES string of the molecule is CC(C)N1CCN(Cc2cn[nH]c2-c2ccccc2)CC1CCO. The molecule has 0 spiro atoms. The van der Waals surface area contributed by atoms with Crippen molar-refractivity contribution in [2.24, 2.45) is 0 Å². The van der Waals surface area contributed by atoms with E-state index < -0.39 is 0 Å². The Morgan fingerprint density at radius 2 is 2.04 bits per heavy atom. The smallest absolute Gasteiger partial charge is 0.0695 e. The highest BCUT2D eigenvalue weighted by atomic mass is 16.3. The van der Waals surface area contributed by atoms with Crippen LogP contribution in [0.5, 0.6) is 0 Å². The van der Waals surface area contributed by atoms with Gasteiger partial charge < -0.3 is 5.11 Å². The van der Waals surface area contributed by atoms with Crippen molar-refractivity contribution in [3.8, 4) is 11.3 Å². The fourth-order valence-electron chi connectivity index (χ4n) is 3.69. The molecular formula is C19H28N4O. The molecule has 5 nitrogen and oxygen atoms in total. The van der Waals surface area contributed by atoms with Gasteiger partial charge in [-0.25, -0.2) is 0 Å². The summed E-state index contributed by atoms with van der Waals surface area (Å²) in [6, 6.07) is 11.3. The lowest BCUT2D eigenvalue weighted by Crippen LogP contribution is -2.55. The van der Waals surface area contributed by atoms with E-state index in [1.54, 1.807) is 0 Å². The fourth-order valence-corrected chi connectivity index (χ4v) is 3.69. The van der Waals surface area contributed by atoms with Gasteiger partial charge >= 0.3 is 0 Å². The Kier molecular flexibility index (Phi) is 5.66. The Labute approximate surface area is 144 Å². The lowest BCUT2D eigenvalue weighted by atomic mass is 10.0. The first-order chi connectivity index (χ1) is 11.7. The molecule has 1 aromatic heterocycles. The zero-order valence-corrected chi connectivity index (χ0v) is 14.7. The summed E-state index contributed by atoms with van der Waals surface area (Å²) in [4.78, 5) is 5.00. The standard InChI is InChI=1S/C19H28N4O/c1-15(2)23-10-9-22(14-18(23)8-11-24)13-17-12-20-21-19(17)16-6-4-3-5-7-16/h3-7,12,15,18,24H,8-11,13-14H2,1-2H3,(H,20,21). The lowest BCUT2D eigenvalue weighted by molar-refractivity contribution is 0.0350. The summed E-state index contributed by atoms with van der Waals surface area (Å²) in [7, 11) is 0. The van der Waals surface area contributed by atoms with Crippen LogP contribution < -0.4 is 0 Å². The van der Waals surface area contributed by atoms with Crippen LogP contribution in [-0.2, 0) is 6.54 Å². The zero-order valence-electron chi connectivity index (χ0n) is 14.7. The van der Waals surface area contributed by atoms with Crippen molar-refractivity contribution < 1.29 is 5.11 Å². The summed E-state index contributed by atoms with van der Waals surface area (Å²) in [6.45, 7) is 8.74. The van der Waals surface area contributed by atoms with Crippen LogP contribution in [0.4, 0.5) is 0 Å². The third kappa shape index (κ3) is 3.86. The number of nitrogens with one attached hydrogen (secondary N) is 1. The highest BCUT2D eigenvalue weighted by Gasteiger charge is 2.28. The Bertz CT molecular complexity index is 625. The average Bonchev–Trinajstić information content (AvgIpc) is 3.04. The number of hydrogen-bond donors (Lipinski definition) is 2. The van der Waals surface area contributed by atoms with Crippen LogP contribution in [0.15, 0.2) is 36.5 Å². The molecule has 3 rings (SSSR count). The van der Waals surface area contributed by atoms with Crippen LogP contribution in [-0.4, -0.2) is 63.4 Å². The molecule has 1 aliphatic rings. The fraction of sp³-hybridized carbons (Fsp3) is 0.526. The maximum Gasteiger partial charge on any atom is 0.0695 e.